The number of carboxylic acids is 1. The summed E-state index contributed by atoms with van der Waals surface area (Å²) in [7, 11) is 0. The van der Waals surface area contributed by atoms with Gasteiger partial charge in [-0.2, -0.15) is 5.10 Å². The Hall–Kier alpha value is -3.88. The van der Waals surface area contributed by atoms with Gasteiger partial charge in [0.15, 0.2) is 11.6 Å². The van der Waals surface area contributed by atoms with E-state index >= 15 is 0 Å². The van der Waals surface area contributed by atoms with Crippen LogP contribution >= 0.6 is 0 Å². The van der Waals surface area contributed by atoms with Crippen molar-refractivity contribution in [1.29, 1.82) is 0 Å². The smallest absolute Gasteiger partial charge is 0.306 e. The first-order valence-electron chi connectivity index (χ1n) is 14.0. The van der Waals surface area contributed by atoms with Gasteiger partial charge in [0.2, 0.25) is 0 Å². The van der Waals surface area contributed by atoms with Gasteiger partial charge >= 0.3 is 5.97 Å². The number of carboxylic acid groups (broad SMARTS) is 1. The third-order valence-corrected chi connectivity index (χ3v) is 7.83. The van der Waals surface area contributed by atoms with Gasteiger partial charge < -0.3 is 5.11 Å². The van der Waals surface area contributed by atoms with E-state index in [9.17, 15) is 9.90 Å². The van der Waals surface area contributed by atoms with Crippen molar-refractivity contribution in [2.24, 2.45) is 17.8 Å². The Kier molecular flexibility index (Phi) is 8.44. The van der Waals surface area contributed by atoms with Crippen molar-refractivity contribution >= 4 is 5.97 Å². The second kappa shape index (κ2) is 12.3. The van der Waals surface area contributed by atoms with Crippen LogP contribution in [0.1, 0.15) is 69.6 Å². The number of hydrogen-bond donors (Lipinski definition) is 2. The SMILES string of the molecule is CC(C)CCc1nc(CCC2CCC(C(=O)O)CC2)n(Cc2ccc(-c3ccccc3-c3nnn[nH]3)cc2)n1. The normalized spacial score (nSPS) is 17.5. The van der Waals surface area contributed by atoms with E-state index in [1.54, 1.807) is 0 Å². The van der Waals surface area contributed by atoms with Crippen molar-refractivity contribution in [3.63, 3.8) is 0 Å². The van der Waals surface area contributed by atoms with Crippen molar-refractivity contribution < 1.29 is 9.90 Å². The quantitative estimate of drug-likeness (QED) is 0.261. The Bertz CT molecular complexity index is 1350. The summed E-state index contributed by atoms with van der Waals surface area (Å²) < 4.78 is 2.07. The Morgan fingerprint density at radius 2 is 1.77 bits per heavy atom. The van der Waals surface area contributed by atoms with Crippen LogP contribution in [0.25, 0.3) is 22.5 Å². The van der Waals surface area contributed by atoms with E-state index in [2.05, 4.69) is 69.5 Å². The fourth-order valence-corrected chi connectivity index (χ4v) is 5.47. The predicted molar refractivity (Wildman–Crippen MR) is 149 cm³/mol. The highest BCUT2D eigenvalue weighted by Crippen LogP contribution is 2.32. The van der Waals surface area contributed by atoms with Gasteiger partial charge in [-0.15, -0.1) is 5.10 Å². The van der Waals surface area contributed by atoms with Crippen molar-refractivity contribution in [3.8, 4) is 22.5 Å². The second-order valence-corrected chi connectivity index (χ2v) is 11.1. The molecule has 2 N–H and O–H groups in total. The van der Waals surface area contributed by atoms with Crippen molar-refractivity contribution in [1.82, 2.24) is 35.4 Å². The molecular weight excluding hydrogens is 490 g/mol. The van der Waals surface area contributed by atoms with Gasteiger partial charge in [0.05, 0.1) is 12.5 Å². The first kappa shape index (κ1) is 26.7. The van der Waals surface area contributed by atoms with Gasteiger partial charge in [0, 0.05) is 18.4 Å². The molecule has 39 heavy (non-hydrogen) atoms. The molecule has 1 saturated carbocycles. The van der Waals surface area contributed by atoms with Crippen LogP contribution in [0.15, 0.2) is 48.5 Å². The molecule has 0 radical (unpaired) electrons. The number of tetrazole rings is 1. The van der Waals surface area contributed by atoms with Crippen LogP contribution in [-0.4, -0.2) is 46.5 Å². The van der Waals surface area contributed by atoms with Crippen molar-refractivity contribution in [2.75, 3.05) is 0 Å². The molecule has 0 atom stereocenters. The van der Waals surface area contributed by atoms with Crippen LogP contribution in [0, 0.1) is 17.8 Å². The van der Waals surface area contributed by atoms with E-state index in [1.807, 2.05) is 18.2 Å². The monoisotopic (exact) mass is 527 g/mol. The van der Waals surface area contributed by atoms with Gasteiger partial charge in [-0.25, -0.2) is 14.8 Å². The zero-order valence-electron chi connectivity index (χ0n) is 22.8. The molecule has 9 nitrogen and oxygen atoms in total. The number of carbonyl (C=O) groups is 1. The van der Waals surface area contributed by atoms with Crippen LogP contribution in [0.3, 0.4) is 0 Å². The number of benzene rings is 2. The maximum atomic E-state index is 11.3. The lowest BCUT2D eigenvalue weighted by molar-refractivity contribution is -0.143. The number of rotatable bonds is 11. The summed E-state index contributed by atoms with van der Waals surface area (Å²) in [5.41, 5.74) is 4.29. The molecule has 0 spiro atoms. The first-order chi connectivity index (χ1) is 19.0. The number of nitrogens with zero attached hydrogens (tertiary/aromatic N) is 6. The lowest BCUT2D eigenvalue weighted by Crippen LogP contribution is -2.22. The summed E-state index contributed by atoms with van der Waals surface area (Å²) in [6.07, 6.45) is 7.39. The number of hydrogen-bond acceptors (Lipinski definition) is 6. The highest BCUT2D eigenvalue weighted by atomic mass is 16.4. The van der Waals surface area contributed by atoms with Crippen LogP contribution in [0.4, 0.5) is 0 Å². The molecule has 1 aliphatic carbocycles. The molecule has 0 bridgehead atoms. The molecule has 2 heterocycles. The molecule has 0 unspecified atom stereocenters. The molecule has 9 heteroatoms. The Labute approximate surface area is 229 Å². The predicted octanol–water partition coefficient (Wildman–Crippen LogP) is 5.59. The first-order valence-corrected chi connectivity index (χ1v) is 14.0. The van der Waals surface area contributed by atoms with Gasteiger partial charge in [0.1, 0.15) is 5.82 Å². The largest absolute Gasteiger partial charge is 0.481 e. The van der Waals surface area contributed by atoms with Gasteiger partial charge in [-0.1, -0.05) is 62.4 Å². The molecule has 0 aliphatic heterocycles. The van der Waals surface area contributed by atoms with E-state index in [0.717, 1.165) is 79.7 Å². The highest BCUT2D eigenvalue weighted by molar-refractivity contribution is 5.80. The van der Waals surface area contributed by atoms with Gasteiger partial charge in [-0.05, 0) is 77.5 Å². The number of aromatic nitrogens is 7. The summed E-state index contributed by atoms with van der Waals surface area (Å²) >= 11 is 0. The zero-order chi connectivity index (χ0) is 27.2. The van der Waals surface area contributed by atoms with Crippen LogP contribution in [0.2, 0.25) is 0 Å². The minimum atomic E-state index is -0.646. The molecule has 204 valence electrons. The Morgan fingerprint density at radius 3 is 2.44 bits per heavy atom. The summed E-state index contributed by atoms with van der Waals surface area (Å²) in [6.45, 7) is 5.12. The third-order valence-electron chi connectivity index (χ3n) is 7.83. The topological polar surface area (TPSA) is 122 Å². The van der Waals surface area contributed by atoms with Crippen LogP contribution in [-0.2, 0) is 24.2 Å². The number of aromatic amines is 1. The van der Waals surface area contributed by atoms with Gasteiger partial charge in [0.25, 0.3) is 0 Å². The second-order valence-electron chi connectivity index (χ2n) is 11.1. The Balaban J connectivity index is 1.30. The maximum Gasteiger partial charge on any atom is 0.306 e. The summed E-state index contributed by atoms with van der Waals surface area (Å²) in [5.74, 6) is 2.94. The average Bonchev–Trinajstić information content (AvgIpc) is 3.62. The molecule has 1 aliphatic rings. The van der Waals surface area contributed by atoms with Crippen LogP contribution in [0.5, 0.6) is 0 Å². The van der Waals surface area contributed by atoms with E-state index in [1.165, 1.54) is 5.56 Å². The van der Waals surface area contributed by atoms with Crippen molar-refractivity contribution in [3.05, 3.63) is 65.7 Å². The molecule has 5 rings (SSSR count). The average molecular weight is 528 g/mol. The number of aryl methyl sites for hydroxylation is 2. The summed E-state index contributed by atoms with van der Waals surface area (Å²) in [5, 5.41) is 28.6. The molecule has 4 aromatic rings. The van der Waals surface area contributed by atoms with Crippen LogP contribution < -0.4 is 0 Å². The molecule has 1 fully saturated rings. The van der Waals surface area contributed by atoms with E-state index in [-0.39, 0.29) is 5.92 Å². The molecule has 0 amide bonds. The van der Waals surface area contributed by atoms with E-state index in [4.69, 9.17) is 10.1 Å². The zero-order valence-corrected chi connectivity index (χ0v) is 22.8. The van der Waals surface area contributed by atoms with Gasteiger partial charge in [-0.3, -0.25) is 4.79 Å². The molecular formula is C30H37N7O2. The molecule has 0 saturated heterocycles. The number of H-pyrrole nitrogens is 1. The fourth-order valence-electron chi connectivity index (χ4n) is 5.47. The van der Waals surface area contributed by atoms with Crippen molar-refractivity contribution in [2.45, 2.75) is 71.8 Å². The standard InChI is InChI=1S/C30H37N7O2/c1-20(2)7-17-27-31-28(18-12-21-8-15-24(16-9-21)30(38)39)37(34-27)19-22-10-13-23(14-11-22)25-5-3-4-6-26(25)29-32-35-36-33-29/h3-6,10-11,13-14,20-21,24H,7-9,12,15-19H2,1-2H3,(H,38,39)(H,32,33,35,36). The summed E-state index contributed by atoms with van der Waals surface area (Å²) in [6, 6.07) is 16.7. The lowest BCUT2D eigenvalue weighted by atomic mass is 9.80. The molecule has 2 aromatic carbocycles. The fraction of sp³-hybridized carbons (Fsp3) is 0.467. The van der Waals surface area contributed by atoms with E-state index < -0.39 is 5.97 Å². The highest BCUT2D eigenvalue weighted by Gasteiger charge is 2.26. The van der Waals surface area contributed by atoms with E-state index in [0.29, 0.717) is 24.2 Å². The third kappa shape index (κ3) is 6.77. The minimum Gasteiger partial charge on any atom is -0.481 e. The lowest BCUT2D eigenvalue weighted by Gasteiger charge is -2.25. The minimum absolute atomic E-state index is 0.171. The maximum absolute atomic E-state index is 11.3. The Morgan fingerprint density at radius 1 is 1.03 bits per heavy atom. The summed E-state index contributed by atoms with van der Waals surface area (Å²) in [4.78, 5) is 16.3. The number of nitrogens with one attached hydrogen (secondary N) is 1. The number of aliphatic carboxylic acids is 1. The molecule has 2 aromatic heterocycles.